The van der Waals surface area contributed by atoms with Gasteiger partial charge in [0.2, 0.25) is 0 Å². The van der Waals surface area contributed by atoms with E-state index in [-0.39, 0.29) is 6.04 Å². The van der Waals surface area contributed by atoms with Gasteiger partial charge in [0.15, 0.2) is 0 Å². The summed E-state index contributed by atoms with van der Waals surface area (Å²) in [7, 11) is 0. The van der Waals surface area contributed by atoms with Crippen LogP contribution in [-0.4, -0.2) is 4.98 Å². The van der Waals surface area contributed by atoms with E-state index in [9.17, 15) is 0 Å². The van der Waals surface area contributed by atoms with Crippen molar-refractivity contribution in [2.24, 2.45) is 5.84 Å². The van der Waals surface area contributed by atoms with Crippen molar-refractivity contribution in [2.75, 3.05) is 0 Å². The topological polar surface area (TPSA) is 50.9 Å². The maximum absolute atomic E-state index is 5.81. The first-order valence-corrected chi connectivity index (χ1v) is 7.80. The third-order valence-corrected chi connectivity index (χ3v) is 5.04. The fourth-order valence-electron chi connectivity index (χ4n) is 2.51. The summed E-state index contributed by atoms with van der Waals surface area (Å²) in [6.07, 6.45) is 0. The highest BCUT2D eigenvalue weighted by atomic mass is 32.1. The number of nitrogens with one attached hydrogen (secondary N) is 1. The normalized spacial score (nSPS) is 12.8. The van der Waals surface area contributed by atoms with Gasteiger partial charge in [0.25, 0.3) is 0 Å². The average Bonchev–Trinajstić information content (AvgIpc) is 2.79. The minimum atomic E-state index is 0.0214. The first-order chi connectivity index (χ1) is 10.1. The molecule has 108 valence electrons. The number of nitrogens with zero attached hydrogens (tertiary/aromatic N) is 1. The number of pyridine rings is 1. The van der Waals surface area contributed by atoms with Crippen molar-refractivity contribution in [1.82, 2.24) is 10.4 Å². The fraction of sp³-hybridized carbons (Fsp3) is 0.235. The highest BCUT2D eigenvalue weighted by Gasteiger charge is 2.16. The molecule has 0 aliphatic rings. The Hall–Kier alpha value is -1.75. The summed E-state index contributed by atoms with van der Waals surface area (Å²) in [5.74, 6) is 5.81. The van der Waals surface area contributed by atoms with Crippen molar-refractivity contribution in [3.05, 3.63) is 63.0 Å². The molecule has 1 unspecified atom stereocenters. The molecule has 3 nitrogen and oxygen atoms in total. The number of thiophene rings is 1. The molecule has 2 aromatic heterocycles. The number of hydrogen-bond acceptors (Lipinski definition) is 4. The number of aromatic nitrogens is 1. The van der Waals surface area contributed by atoms with Crippen LogP contribution in [0.2, 0.25) is 0 Å². The van der Waals surface area contributed by atoms with Gasteiger partial charge < -0.3 is 0 Å². The van der Waals surface area contributed by atoms with Crippen LogP contribution in [0.25, 0.3) is 10.9 Å². The Morgan fingerprint density at radius 2 is 1.90 bits per heavy atom. The van der Waals surface area contributed by atoms with Crippen molar-refractivity contribution in [2.45, 2.75) is 26.8 Å². The summed E-state index contributed by atoms with van der Waals surface area (Å²) in [5.41, 5.74) is 7.48. The molecule has 0 saturated carbocycles. The van der Waals surface area contributed by atoms with Gasteiger partial charge in [-0.1, -0.05) is 12.1 Å². The van der Waals surface area contributed by atoms with Crippen LogP contribution in [0, 0.1) is 20.8 Å². The SMILES string of the molecule is Cc1ccc2cc(C(NN)c3cc(C)c(C)s3)ccc2n1. The quantitative estimate of drug-likeness (QED) is 0.571. The second-order valence-electron chi connectivity index (χ2n) is 5.39. The summed E-state index contributed by atoms with van der Waals surface area (Å²) in [4.78, 5) is 7.12. The molecular formula is C17H19N3S. The van der Waals surface area contributed by atoms with E-state index in [1.165, 1.54) is 15.3 Å². The standard InChI is InChI=1S/C17H19N3S/c1-10-8-16(21-12(10)3)17(20-18)14-6-7-15-13(9-14)5-4-11(2)19-15/h4-9,17,20H,18H2,1-3H3. The molecule has 4 heteroatoms. The van der Waals surface area contributed by atoms with Crippen molar-refractivity contribution in [3.8, 4) is 0 Å². The van der Waals surface area contributed by atoms with E-state index in [2.05, 4.69) is 54.6 Å². The molecule has 3 rings (SSSR count). The third-order valence-electron chi connectivity index (χ3n) is 3.82. The highest BCUT2D eigenvalue weighted by Crippen LogP contribution is 2.31. The van der Waals surface area contributed by atoms with Crippen molar-refractivity contribution >= 4 is 22.2 Å². The lowest BCUT2D eigenvalue weighted by Gasteiger charge is -2.15. The lowest BCUT2D eigenvalue weighted by atomic mass is 10.0. The van der Waals surface area contributed by atoms with Gasteiger partial charge in [0, 0.05) is 20.8 Å². The Morgan fingerprint density at radius 1 is 1.10 bits per heavy atom. The Morgan fingerprint density at radius 3 is 2.57 bits per heavy atom. The summed E-state index contributed by atoms with van der Waals surface area (Å²) in [6.45, 7) is 6.29. The average molecular weight is 297 g/mol. The van der Waals surface area contributed by atoms with Gasteiger partial charge in [0.1, 0.15) is 0 Å². The van der Waals surface area contributed by atoms with Gasteiger partial charge in [-0.3, -0.25) is 10.8 Å². The molecule has 3 N–H and O–H groups in total. The molecule has 0 fully saturated rings. The molecule has 0 bridgehead atoms. The maximum atomic E-state index is 5.81. The molecule has 3 aromatic rings. The highest BCUT2D eigenvalue weighted by molar-refractivity contribution is 7.12. The van der Waals surface area contributed by atoms with E-state index in [0.717, 1.165) is 22.2 Å². The second-order valence-corrected chi connectivity index (χ2v) is 6.68. The molecular weight excluding hydrogens is 278 g/mol. The van der Waals surface area contributed by atoms with Crippen molar-refractivity contribution in [1.29, 1.82) is 0 Å². The Labute approximate surface area is 128 Å². The van der Waals surface area contributed by atoms with Crippen LogP contribution in [0.5, 0.6) is 0 Å². The van der Waals surface area contributed by atoms with Crippen LogP contribution in [0.1, 0.15) is 32.6 Å². The van der Waals surface area contributed by atoms with Crippen LogP contribution < -0.4 is 11.3 Å². The number of hydrogen-bond donors (Lipinski definition) is 2. The molecule has 21 heavy (non-hydrogen) atoms. The van der Waals surface area contributed by atoms with Gasteiger partial charge in [-0.15, -0.1) is 11.3 Å². The van der Waals surface area contributed by atoms with Crippen molar-refractivity contribution in [3.63, 3.8) is 0 Å². The Balaban J connectivity index is 2.06. The predicted molar refractivity (Wildman–Crippen MR) is 89.4 cm³/mol. The lowest BCUT2D eigenvalue weighted by molar-refractivity contribution is 0.647. The molecule has 2 heterocycles. The van der Waals surface area contributed by atoms with E-state index >= 15 is 0 Å². The summed E-state index contributed by atoms with van der Waals surface area (Å²) >= 11 is 1.79. The molecule has 0 amide bonds. The van der Waals surface area contributed by atoms with Crippen LogP contribution >= 0.6 is 11.3 Å². The van der Waals surface area contributed by atoms with E-state index in [4.69, 9.17) is 5.84 Å². The zero-order valence-corrected chi connectivity index (χ0v) is 13.3. The van der Waals surface area contributed by atoms with Gasteiger partial charge >= 0.3 is 0 Å². The smallest absolute Gasteiger partial charge is 0.0802 e. The van der Waals surface area contributed by atoms with E-state index < -0.39 is 0 Å². The zero-order chi connectivity index (χ0) is 15.0. The van der Waals surface area contributed by atoms with E-state index in [1.807, 2.05) is 13.0 Å². The van der Waals surface area contributed by atoms with Gasteiger partial charge in [0.05, 0.1) is 11.6 Å². The van der Waals surface area contributed by atoms with Gasteiger partial charge in [-0.25, -0.2) is 5.43 Å². The predicted octanol–water partition coefficient (Wildman–Crippen LogP) is 3.77. The lowest BCUT2D eigenvalue weighted by Crippen LogP contribution is -2.28. The number of fused-ring (bicyclic) bond motifs is 1. The molecule has 0 aliphatic carbocycles. The first-order valence-electron chi connectivity index (χ1n) is 6.99. The van der Waals surface area contributed by atoms with Crippen LogP contribution in [0.15, 0.2) is 36.4 Å². The molecule has 1 aromatic carbocycles. The number of aryl methyl sites for hydroxylation is 3. The number of benzene rings is 1. The molecule has 0 aliphatic heterocycles. The van der Waals surface area contributed by atoms with Crippen LogP contribution in [0.3, 0.4) is 0 Å². The zero-order valence-electron chi connectivity index (χ0n) is 12.5. The summed E-state index contributed by atoms with van der Waals surface area (Å²) in [5, 5.41) is 1.14. The number of hydrazine groups is 1. The largest absolute Gasteiger partial charge is 0.271 e. The Bertz CT molecular complexity index is 772. The Kier molecular flexibility index (Phi) is 3.76. The first kappa shape index (κ1) is 14.2. The second kappa shape index (κ2) is 5.56. The molecule has 0 spiro atoms. The van der Waals surface area contributed by atoms with Crippen molar-refractivity contribution < 1.29 is 0 Å². The minimum Gasteiger partial charge on any atom is -0.271 e. The minimum absolute atomic E-state index is 0.0214. The summed E-state index contributed by atoms with van der Waals surface area (Å²) < 4.78 is 0. The van der Waals surface area contributed by atoms with Gasteiger partial charge in [-0.05, 0) is 56.2 Å². The monoisotopic (exact) mass is 297 g/mol. The fourth-order valence-corrected chi connectivity index (χ4v) is 3.64. The number of nitrogens with two attached hydrogens (primary N) is 1. The van der Waals surface area contributed by atoms with E-state index in [0.29, 0.717) is 0 Å². The van der Waals surface area contributed by atoms with E-state index in [1.54, 1.807) is 11.3 Å². The third kappa shape index (κ3) is 2.70. The molecule has 1 atom stereocenters. The summed E-state index contributed by atoms with van der Waals surface area (Å²) in [6, 6.07) is 12.7. The molecule has 0 radical (unpaired) electrons. The van der Waals surface area contributed by atoms with Crippen LogP contribution in [0.4, 0.5) is 0 Å². The number of rotatable bonds is 3. The van der Waals surface area contributed by atoms with Gasteiger partial charge in [-0.2, -0.15) is 0 Å². The molecule has 0 saturated heterocycles. The van der Waals surface area contributed by atoms with Crippen LogP contribution in [-0.2, 0) is 0 Å². The maximum Gasteiger partial charge on any atom is 0.0802 e.